The number of likely N-dealkylation sites (tertiary alicyclic amines) is 1. The van der Waals surface area contributed by atoms with Crippen molar-refractivity contribution in [3.63, 3.8) is 0 Å². The van der Waals surface area contributed by atoms with Crippen molar-refractivity contribution in [2.75, 3.05) is 11.9 Å². The van der Waals surface area contributed by atoms with E-state index in [0.29, 0.717) is 35.3 Å². The molecule has 1 aliphatic rings. The molecule has 0 aliphatic carbocycles. The van der Waals surface area contributed by atoms with Gasteiger partial charge in [0.15, 0.2) is 11.5 Å². The minimum atomic E-state index is -0.266. The van der Waals surface area contributed by atoms with E-state index in [0.717, 1.165) is 47.0 Å². The first-order valence-electron chi connectivity index (χ1n) is 12.6. The van der Waals surface area contributed by atoms with Crippen LogP contribution in [0, 0.1) is 13.8 Å². The minimum absolute atomic E-state index is 0.179. The summed E-state index contributed by atoms with van der Waals surface area (Å²) in [5.74, 6) is 0.868. The SMILES string of the molecule is Cc1oc(-c2ccccc2)nc1C(=O)N1CCCCC1c1cc(NC(=O)c2cc(C)c3[nH]ncc3c2)n[nH]1. The van der Waals surface area contributed by atoms with Gasteiger partial charge in [-0.1, -0.05) is 18.2 Å². The summed E-state index contributed by atoms with van der Waals surface area (Å²) in [4.78, 5) is 32.9. The number of oxazole rings is 1. The van der Waals surface area contributed by atoms with Gasteiger partial charge in [-0.3, -0.25) is 19.8 Å². The Hall–Kier alpha value is -4.73. The highest BCUT2D eigenvalue weighted by Crippen LogP contribution is 2.33. The summed E-state index contributed by atoms with van der Waals surface area (Å²) >= 11 is 0. The molecule has 38 heavy (non-hydrogen) atoms. The summed E-state index contributed by atoms with van der Waals surface area (Å²) in [5.41, 5.74) is 4.26. The first kappa shape index (κ1) is 23.7. The van der Waals surface area contributed by atoms with Crippen molar-refractivity contribution < 1.29 is 14.0 Å². The number of piperidine rings is 1. The van der Waals surface area contributed by atoms with Gasteiger partial charge in [-0.25, -0.2) is 4.98 Å². The van der Waals surface area contributed by atoms with Crippen molar-refractivity contribution in [1.29, 1.82) is 0 Å². The van der Waals surface area contributed by atoms with E-state index in [1.807, 2.05) is 48.2 Å². The summed E-state index contributed by atoms with van der Waals surface area (Å²) < 4.78 is 5.84. The molecule has 192 valence electrons. The van der Waals surface area contributed by atoms with Gasteiger partial charge >= 0.3 is 0 Å². The molecule has 1 aliphatic heterocycles. The van der Waals surface area contributed by atoms with Gasteiger partial charge in [0.05, 0.1) is 23.4 Å². The molecule has 6 rings (SSSR count). The molecule has 0 bridgehead atoms. The molecule has 10 nitrogen and oxygen atoms in total. The Labute approximate surface area is 218 Å². The van der Waals surface area contributed by atoms with Gasteiger partial charge in [0.1, 0.15) is 5.76 Å². The standard InChI is InChI=1S/C28H27N7O3/c1-16-12-19(13-20-15-29-34-24(16)20)26(36)30-23-14-21(32-33-23)22-10-6-7-11-35(22)28(37)25-17(2)38-27(31-25)18-8-4-3-5-9-18/h3-5,8-9,12-15,22H,6-7,10-11H2,1-2H3,(H,29,34)(H2,30,32,33,36). The number of aromatic nitrogens is 5. The molecule has 3 aromatic heterocycles. The predicted molar refractivity (Wildman–Crippen MR) is 142 cm³/mol. The summed E-state index contributed by atoms with van der Waals surface area (Å²) in [6.07, 6.45) is 4.35. The van der Waals surface area contributed by atoms with Gasteiger partial charge in [-0.15, -0.1) is 0 Å². The Bertz CT molecular complexity index is 1630. The molecule has 0 spiro atoms. The van der Waals surface area contributed by atoms with E-state index in [2.05, 4.69) is 30.7 Å². The molecule has 5 aromatic rings. The van der Waals surface area contributed by atoms with Crippen molar-refractivity contribution in [1.82, 2.24) is 30.3 Å². The Kier molecular flexibility index (Phi) is 5.99. The largest absolute Gasteiger partial charge is 0.441 e. The molecule has 2 amide bonds. The molecule has 1 fully saturated rings. The van der Waals surface area contributed by atoms with Crippen molar-refractivity contribution in [3.05, 3.63) is 83.0 Å². The van der Waals surface area contributed by atoms with Crippen molar-refractivity contribution in [2.24, 2.45) is 0 Å². The van der Waals surface area contributed by atoms with Crippen LogP contribution in [0.2, 0.25) is 0 Å². The number of nitrogens with zero attached hydrogens (tertiary/aromatic N) is 4. The molecule has 3 N–H and O–H groups in total. The molecular formula is C28H27N7O3. The van der Waals surface area contributed by atoms with Crippen molar-refractivity contribution in [3.8, 4) is 11.5 Å². The molecule has 1 atom stereocenters. The number of anilines is 1. The number of H-pyrrole nitrogens is 2. The van der Waals surface area contributed by atoms with Gasteiger partial charge in [0, 0.05) is 29.1 Å². The number of amides is 2. The van der Waals surface area contributed by atoms with E-state index in [1.165, 1.54) is 0 Å². The number of benzene rings is 2. The van der Waals surface area contributed by atoms with E-state index in [1.54, 1.807) is 25.3 Å². The second-order valence-corrected chi connectivity index (χ2v) is 9.59. The lowest BCUT2D eigenvalue weighted by Crippen LogP contribution is -2.39. The average Bonchev–Trinajstić information content (AvgIpc) is 3.69. The number of rotatable bonds is 5. The normalized spacial score (nSPS) is 15.6. The molecule has 2 aromatic carbocycles. The fourth-order valence-corrected chi connectivity index (χ4v) is 5.06. The highest BCUT2D eigenvalue weighted by Gasteiger charge is 2.33. The molecule has 1 saturated heterocycles. The molecule has 0 radical (unpaired) electrons. The lowest BCUT2D eigenvalue weighted by Gasteiger charge is -2.34. The quantitative estimate of drug-likeness (QED) is 0.299. The number of nitrogens with one attached hydrogen (secondary N) is 3. The highest BCUT2D eigenvalue weighted by atomic mass is 16.4. The zero-order valence-electron chi connectivity index (χ0n) is 21.1. The number of aromatic amines is 2. The highest BCUT2D eigenvalue weighted by molar-refractivity contribution is 6.06. The van der Waals surface area contributed by atoms with E-state index < -0.39 is 0 Å². The second-order valence-electron chi connectivity index (χ2n) is 9.59. The third kappa shape index (κ3) is 4.34. The van der Waals surface area contributed by atoms with Gasteiger partial charge in [0.2, 0.25) is 5.89 Å². The van der Waals surface area contributed by atoms with Crippen molar-refractivity contribution >= 4 is 28.5 Å². The summed E-state index contributed by atoms with van der Waals surface area (Å²) in [7, 11) is 0. The lowest BCUT2D eigenvalue weighted by molar-refractivity contribution is 0.0598. The molecule has 10 heteroatoms. The van der Waals surface area contributed by atoms with Gasteiger partial charge < -0.3 is 14.6 Å². The van der Waals surface area contributed by atoms with Crippen LogP contribution in [0.5, 0.6) is 0 Å². The van der Waals surface area contributed by atoms with Crippen LogP contribution in [-0.2, 0) is 0 Å². The van der Waals surface area contributed by atoms with E-state index >= 15 is 0 Å². The zero-order valence-corrected chi connectivity index (χ0v) is 21.1. The van der Waals surface area contributed by atoms with Gasteiger partial charge in [0.25, 0.3) is 11.8 Å². The average molecular weight is 510 g/mol. The summed E-state index contributed by atoms with van der Waals surface area (Å²) in [6, 6.07) is 14.7. The maximum Gasteiger partial charge on any atom is 0.276 e. The molecule has 1 unspecified atom stereocenters. The Balaban J connectivity index is 1.21. The van der Waals surface area contributed by atoms with E-state index in [4.69, 9.17) is 4.42 Å². The van der Waals surface area contributed by atoms with Crippen molar-refractivity contribution in [2.45, 2.75) is 39.2 Å². The zero-order chi connectivity index (χ0) is 26.2. The van der Waals surface area contributed by atoms with E-state index in [-0.39, 0.29) is 17.9 Å². The topological polar surface area (TPSA) is 133 Å². The number of fused-ring (bicyclic) bond motifs is 1. The molecule has 4 heterocycles. The molecule has 0 saturated carbocycles. The molecular weight excluding hydrogens is 482 g/mol. The van der Waals surface area contributed by atoms with Crippen LogP contribution in [0.4, 0.5) is 5.82 Å². The van der Waals surface area contributed by atoms with Gasteiger partial charge in [-0.2, -0.15) is 10.2 Å². The lowest BCUT2D eigenvalue weighted by atomic mass is 9.98. The number of carbonyl (C=O) groups is 2. The summed E-state index contributed by atoms with van der Waals surface area (Å²) in [6.45, 7) is 4.29. The first-order chi connectivity index (χ1) is 18.5. The fourth-order valence-electron chi connectivity index (χ4n) is 5.06. The van der Waals surface area contributed by atoms with Crippen LogP contribution in [0.25, 0.3) is 22.4 Å². The fraction of sp³-hybridized carbons (Fsp3) is 0.250. The first-order valence-corrected chi connectivity index (χ1v) is 12.6. The predicted octanol–water partition coefficient (Wildman–Crippen LogP) is 5.18. The van der Waals surface area contributed by atoms with Crippen LogP contribution in [0.1, 0.15) is 63.2 Å². The number of carbonyl (C=O) groups excluding carboxylic acids is 2. The third-order valence-corrected chi connectivity index (χ3v) is 6.99. The Morgan fingerprint density at radius 3 is 2.76 bits per heavy atom. The van der Waals surface area contributed by atoms with Crippen LogP contribution in [-0.4, -0.2) is 48.6 Å². The summed E-state index contributed by atoms with van der Waals surface area (Å²) in [5, 5.41) is 18.1. The smallest absolute Gasteiger partial charge is 0.276 e. The third-order valence-electron chi connectivity index (χ3n) is 6.99. The number of aryl methyl sites for hydroxylation is 2. The van der Waals surface area contributed by atoms with Crippen LogP contribution >= 0.6 is 0 Å². The monoisotopic (exact) mass is 509 g/mol. The van der Waals surface area contributed by atoms with Gasteiger partial charge in [-0.05, 0) is 62.9 Å². The number of hydrogen-bond acceptors (Lipinski definition) is 6. The maximum absolute atomic E-state index is 13.6. The minimum Gasteiger partial charge on any atom is -0.441 e. The van der Waals surface area contributed by atoms with Crippen LogP contribution < -0.4 is 5.32 Å². The second kappa shape index (κ2) is 9.62. The van der Waals surface area contributed by atoms with Crippen LogP contribution in [0.3, 0.4) is 0 Å². The Morgan fingerprint density at radius 1 is 1.08 bits per heavy atom. The van der Waals surface area contributed by atoms with E-state index in [9.17, 15) is 9.59 Å². The maximum atomic E-state index is 13.6. The Morgan fingerprint density at radius 2 is 1.92 bits per heavy atom. The number of hydrogen-bond donors (Lipinski definition) is 3. The van der Waals surface area contributed by atoms with Crippen LogP contribution in [0.15, 0.2) is 59.1 Å².